The van der Waals surface area contributed by atoms with Crippen LogP contribution >= 0.6 is 0 Å². The highest BCUT2D eigenvalue weighted by molar-refractivity contribution is 6.03. The number of imide groups is 1. The topological polar surface area (TPSA) is 86.7 Å². The van der Waals surface area contributed by atoms with E-state index in [1.165, 1.54) is 11.1 Å². The molecule has 6 nitrogen and oxygen atoms in total. The molecule has 1 saturated heterocycles. The van der Waals surface area contributed by atoms with Gasteiger partial charge in [-0.15, -0.1) is 0 Å². The van der Waals surface area contributed by atoms with Crippen LogP contribution in [0, 0.1) is 0 Å². The highest BCUT2D eigenvalue weighted by Crippen LogP contribution is 2.32. The molecule has 0 aromatic carbocycles. The average Bonchev–Trinajstić information content (AvgIpc) is 2.77. The number of benzene rings is 1. The first kappa shape index (κ1) is 11.1. The molecule has 1 aliphatic heterocycles. The molecule has 0 spiro atoms. The molecular weight excluding hydrogens is 224 g/mol. The molecule has 2 N–H and O–H groups in total. The predicted octanol–water partition coefficient (Wildman–Crippen LogP) is 0.290. The van der Waals surface area contributed by atoms with Crippen LogP contribution in [0.2, 0.25) is 0 Å². The summed E-state index contributed by atoms with van der Waals surface area (Å²) in [6.45, 7) is -0.670. The zero-order valence-corrected chi connectivity index (χ0v) is 8.84. The van der Waals surface area contributed by atoms with Crippen LogP contribution in [0.25, 0.3) is 11.1 Å². The summed E-state index contributed by atoms with van der Waals surface area (Å²) in [5, 5.41) is 10.4. The number of carbonyl (C=O) groups excluding carboxylic acids is 2. The molecule has 0 atom stereocenters. The number of amides is 3. The second-order valence-corrected chi connectivity index (χ2v) is 3.61. The van der Waals surface area contributed by atoms with E-state index in [0.29, 0.717) is 4.90 Å². The number of nitrogens with zero attached hydrogens (tertiary/aromatic N) is 1. The van der Waals surface area contributed by atoms with Crippen molar-refractivity contribution in [2.24, 2.45) is 0 Å². The van der Waals surface area contributed by atoms with Gasteiger partial charge in [-0.05, 0) is 17.2 Å². The number of carboxylic acids is 1. The van der Waals surface area contributed by atoms with Crippen molar-refractivity contribution in [3.8, 4) is 11.1 Å². The lowest BCUT2D eigenvalue weighted by molar-refractivity contribution is -0.141. The largest absolute Gasteiger partial charge is 0.480 e. The molecule has 88 valence electrons. The minimum Gasteiger partial charge on any atom is -0.480 e. The number of carbonyl (C=O) groups is 3. The number of hydrogen-bond acceptors (Lipinski definition) is 3. The van der Waals surface area contributed by atoms with Crippen LogP contribution in [0.4, 0.5) is 4.79 Å². The Bertz CT molecular complexity index is 465. The second kappa shape index (κ2) is 4.25. The SMILES string of the molecule is O=C(O)CN1C(=O)CNC1=O.c1cc2cc-2c1. The van der Waals surface area contributed by atoms with Gasteiger partial charge in [0.1, 0.15) is 6.54 Å². The first-order chi connectivity index (χ1) is 8.08. The molecule has 3 amide bonds. The molecule has 17 heavy (non-hydrogen) atoms. The Hall–Kier alpha value is -2.37. The molecule has 6 heteroatoms. The quantitative estimate of drug-likeness (QED) is 0.731. The van der Waals surface area contributed by atoms with E-state index in [2.05, 4.69) is 29.6 Å². The van der Waals surface area contributed by atoms with E-state index >= 15 is 0 Å². The van der Waals surface area contributed by atoms with E-state index < -0.39 is 24.5 Å². The van der Waals surface area contributed by atoms with Gasteiger partial charge in [-0.1, -0.05) is 18.2 Å². The Morgan fingerprint density at radius 1 is 1.35 bits per heavy atom. The molecular formula is C11H10N2O4. The number of nitrogens with one attached hydrogen (secondary N) is 1. The predicted molar refractivity (Wildman–Crippen MR) is 58.2 cm³/mol. The molecule has 2 aliphatic carbocycles. The summed E-state index contributed by atoms with van der Waals surface area (Å²) in [4.78, 5) is 32.1. The van der Waals surface area contributed by atoms with Gasteiger partial charge in [-0.25, -0.2) is 4.79 Å². The highest BCUT2D eigenvalue weighted by atomic mass is 16.4. The van der Waals surface area contributed by atoms with E-state index in [1.54, 1.807) is 0 Å². The van der Waals surface area contributed by atoms with Crippen molar-refractivity contribution in [3.05, 3.63) is 24.3 Å². The Labute approximate surface area is 96.8 Å². The first-order valence-electron chi connectivity index (χ1n) is 4.98. The van der Waals surface area contributed by atoms with Gasteiger partial charge in [-0.2, -0.15) is 0 Å². The fraction of sp³-hybridized carbons (Fsp3) is 0.182. The van der Waals surface area contributed by atoms with Gasteiger partial charge >= 0.3 is 12.0 Å². The maximum atomic E-state index is 10.7. The van der Waals surface area contributed by atoms with Gasteiger partial charge in [0.15, 0.2) is 0 Å². The number of urea groups is 1. The fourth-order valence-corrected chi connectivity index (χ4v) is 1.43. The van der Waals surface area contributed by atoms with E-state index in [-0.39, 0.29) is 6.54 Å². The Kier molecular flexibility index (Phi) is 2.78. The summed E-state index contributed by atoms with van der Waals surface area (Å²) in [6, 6.07) is 7.84. The lowest BCUT2D eigenvalue weighted by Gasteiger charge is -2.06. The van der Waals surface area contributed by atoms with Crippen molar-refractivity contribution in [1.29, 1.82) is 0 Å². The number of aliphatic carboxylic acids is 1. The van der Waals surface area contributed by atoms with Crippen LogP contribution in [0.3, 0.4) is 0 Å². The second-order valence-electron chi connectivity index (χ2n) is 3.61. The minimum atomic E-state index is -1.20. The van der Waals surface area contributed by atoms with Crippen LogP contribution in [0.15, 0.2) is 24.3 Å². The molecule has 1 fully saturated rings. The lowest BCUT2D eigenvalue weighted by Crippen LogP contribution is -2.35. The van der Waals surface area contributed by atoms with Crippen molar-refractivity contribution in [2.75, 3.05) is 13.1 Å². The summed E-state index contributed by atoms with van der Waals surface area (Å²) in [5.74, 6) is -1.70. The van der Waals surface area contributed by atoms with Crippen molar-refractivity contribution in [2.45, 2.75) is 0 Å². The lowest BCUT2D eigenvalue weighted by atomic mass is 10.5. The zero-order valence-electron chi connectivity index (χ0n) is 8.84. The summed E-state index contributed by atoms with van der Waals surface area (Å²) in [7, 11) is 0. The van der Waals surface area contributed by atoms with Gasteiger partial charge in [0.2, 0.25) is 0 Å². The van der Waals surface area contributed by atoms with Crippen molar-refractivity contribution < 1.29 is 19.5 Å². The third kappa shape index (κ3) is 2.60. The smallest absolute Gasteiger partial charge is 0.325 e. The summed E-state index contributed by atoms with van der Waals surface area (Å²) < 4.78 is 0. The molecule has 0 radical (unpaired) electrons. The summed E-state index contributed by atoms with van der Waals surface area (Å²) in [5.41, 5.74) is 2.85. The maximum Gasteiger partial charge on any atom is 0.325 e. The van der Waals surface area contributed by atoms with E-state index in [1.807, 2.05) is 0 Å². The van der Waals surface area contributed by atoms with Crippen molar-refractivity contribution in [1.82, 2.24) is 10.2 Å². The van der Waals surface area contributed by atoms with E-state index in [9.17, 15) is 14.4 Å². The zero-order chi connectivity index (χ0) is 12.4. The van der Waals surface area contributed by atoms with E-state index in [0.717, 1.165) is 0 Å². The average molecular weight is 234 g/mol. The van der Waals surface area contributed by atoms with Crippen LogP contribution in [-0.4, -0.2) is 41.0 Å². The normalized spacial score (nSPS) is 14.9. The third-order valence-electron chi connectivity index (χ3n) is 2.34. The van der Waals surface area contributed by atoms with Crippen LogP contribution in [0.5, 0.6) is 0 Å². The number of carboxylic acid groups (broad SMARTS) is 1. The Morgan fingerprint density at radius 3 is 2.29 bits per heavy atom. The van der Waals surface area contributed by atoms with Crippen molar-refractivity contribution in [3.63, 3.8) is 0 Å². The van der Waals surface area contributed by atoms with Crippen LogP contribution < -0.4 is 5.32 Å². The monoisotopic (exact) mass is 234 g/mol. The molecule has 0 aromatic heterocycles. The Balaban J connectivity index is 0.000000148. The van der Waals surface area contributed by atoms with Gasteiger partial charge in [-0.3, -0.25) is 14.5 Å². The van der Waals surface area contributed by atoms with Gasteiger partial charge in [0.25, 0.3) is 5.91 Å². The molecule has 1 heterocycles. The molecule has 0 aromatic rings. The molecule has 3 aliphatic rings. The van der Waals surface area contributed by atoms with E-state index in [4.69, 9.17) is 5.11 Å². The summed E-state index contributed by atoms with van der Waals surface area (Å²) in [6.07, 6.45) is 0. The van der Waals surface area contributed by atoms with Crippen molar-refractivity contribution >= 4 is 17.9 Å². The van der Waals surface area contributed by atoms with Gasteiger partial charge in [0, 0.05) is 0 Å². The van der Waals surface area contributed by atoms with Gasteiger partial charge in [0.05, 0.1) is 6.54 Å². The fourth-order valence-electron chi connectivity index (χ4n) is 1.43. The van der Waals surface area contributed by atoms with Gasteiger partial charge < -0.3 is 10.4 Å². The highest BCUT2D eigenvalue weighted by Gasteiger charge is 2.29. The number of rotatable bonds is 2. The minimum absolute atomic E-state index is 0.105. The standard InChI is InChI=1S/C6H4.C5H6N2O4/c1-2-5-4-6(5)3-1;8-3-1-6-5(11)7(3)2-4(9)10/h1-4H;1-2H2,(H,6,11)(H,9,10). The van der Waals surface area contributed by atoms with Crippen LogP contribution in [0.1, 0.15) is 0 Å². The molecule has 0 bridgehead atoms. The molecule has 0 saturated carbocycles. The maximum absolute atomic E-state index is 10.7. The Morgan fingerprint density at radius 2 is 2.00 bits per heavy atom. The number of hydrogen-bond donors (Lipinski definition) is 2. The first-order valence-corrected chi connectivity index (χ1v) is 4.98. The van der Waals surface area contributed by atoms with Crippen LogP contribution in [-0.2, 0) is 9.59 Å². The molecule has 0 unspecified atom stereocenters. The number of fused-ring (bicyclic) bond motifs is 1. The summed E-state index contributed by atoms with van der Waals surface area (Å²) >= 11 is 0. The third-order valence-corrected chi connectivity index (χ3v) is 2.34. The molecule has 3 rings (SSSR count).